The molecule has 5 nitrogen and oxygen atoms in total. The van der Waals surface area contributed by atoms with Gasteiger partial charge in [-0.2, -0.15) is 13.2 Å². The first-order chi connectivity index (χ1) is 12.3. The van der Waals surface area contributed by atoms with E-state index in [1.54, 1.807) is 5.32 Å². The van der Waals surface area contributed by atoms with E-state index < -0.39 is 24.7 Å². The van der Waals surface area contributed by atoms with Gasteiger partial charge in [-0.3, -0.25) is 10.1 Å². The van der Waals surface area contributed by atoms with Gasteiger partial charge in [-0.1, -0.05) is 30.3 Å². The number of hydrogen-bond acceptors (Lipinski definition) is 3. The Labute approximate surface area is 147 Å². The Bertz CT molecular complexity index is 850. The van der Waals surface area contributed by atoms with Crippen LogP contribution < -0.4 is 16.0 Å². The molecule has 0 fully saturated rings. The van der Waals surface area contributed by atoms with Crippen LogP contribution in [0.15, 0.2) is 42.5 Å². The van der Waals surface area contributed by atoms with Gasteiger partial charge < -0.3 is 10.6 Å². The van der Waals surface area contributed by atoms with Gasteiger partial charge >= 0.3 is 12.2 Å². The number of hydrogen-bond donors (Lipinski definition) is 3. The fourth-order valence-corrected chi connectivity index (χ4v) is 2.83. The van der Waals surface area contributed by atoms with Crippen LogP contribution in [0.2, 0.25) is 0 Å². The molecule has 0 spiro atoms. The minimum atomic E-state index is -4.53. The molecule has 2 aromatic rings. The fraction of sp³-hybridized carbons (Fsp3) is 0.222. The third kappa shape index (κ3) is 4.33. The van der Waals surface area contributed by atoms with Crippen LogP contribution in [0.5, 0.6) is 0 Å². The lowest BCUT2D eigenvalue weighted by Gasteiger charge is -2.10. The summed E-state index contributed by atoms with van der Waals surface area (Å²) >= 11 is 0. The Morgan fingerprint density at radius 3 is 2.50 bits per heavy atom. The molecular formula is C18H16F3N3O2. The average Bonchev–Trinajstić information content (AvgIpc) is 2.95. The second-order valence-electron chi connectivity index (χ2n) is 5.91. The quantitative estimate of drug-likeness (QED) is 0.667. The Hall–Kier alpha value is -3.03. The standard InChI is InChI=1S/C18H16F3N3O2/c19-18(20,21)10-23-17(26)24-16(25)9-22-13-5-6-15-12(8-13)7-11-3-1-2-4-14(11)15/h1-6,8,22H,7,9-10H2,(H2,23,24,25,26). The zero-order valence-electron chi connectivity index (χ0n) is 13.6. The number of fused-ring (bicyclic) bond motifs is 3. The zero-order valence-corrected chi connectivity index (χ0v) is 13.6. The van der Waals surface area contributed by atoms with E-state index in [-0.39, 0.29) is 6.54 Å². The lowest BCUT2D eigenvalue weighted by molar-refractivity contribution is -0.124. The molecule has 0 aliphatic heterocycles. The topological polar surface area (TPSA) is 70.2 Å². The van der Waals surface area contributed by atoms with E-state index in [0.717, 1.165) is 17.5 Å². The Balaban J connectivity index is 1.52. The smallest absolute Gasteiger partial charge is 0.376 e. The van der Waals surface area contributed by atoms with Crippen LogP contribution in [0.25, 0.3) is 11.1 Å². The van der Waals surface area contributed by atoms with Crippen molar-refractivity contribution in [3.63, 3.8) is 0 Å². The molecule has 3 rings (SSSR count). The van der Waals surface area contributed by atoms with E-state index >= 15 is 0 Å². The van der Waals surface area contributed by atoms with Crippen molar-refractivity contribution < 1.29 is 22.8 Å². The SMILES string of the molecule is O=C(CNc1ccc2c(c1)Cc1ccccc1-2)NC(=O)NCC(F)(F)F. The first kappa shape index (κ1) is 17.8. The summed E-state index contributed by atoms with van der Waals surface area (Å²) in [4.78, 5) is 22.9. The van der Waals surface area contributed by atoms with Gasteiger partial charge in [0, 0.05) is 5.69 Å². The third-order valence-corrected chi connectivity index (χ3v) is 3.95. The highest BCUT2D eigenvalue weighted by Gasteiger charge is 2.28. The van der Waals surface area contributed by atoms with E-state index in [9.17, 15) is 22.8 Å². The predicted octanol–water partition coefficient (Wildman–Crippen LogP) is 3.06. The number of amides is 3. The Morgan fingerprint density at radius 2 is 1.73 bits per heavy atom. The molecule has 8 heteroatoms. The molecule has 2 aromatic carbocycles. The summed E-state index contributed by atoms with van der Waals surface area (Å²) in [6.07, 6.45) is -3.73. The number of carbonyl (C=O) groups excluding carboxylic acids is 2. The second kappa shape index (κ2) is 7.07. The Morgan fingerprint density at radius 1 is 1.00 bits per heavy atom. The molecule has 3 N–H and O–H groups in total. The molecule has 0 bridgehead atoms. The first-order valence-corrected chi connectivity index (χ1v) is 7.91. The zero-order chi connectivity index (χ0) is 18.7. The molecule has 0 heterocycles. The van der Waals surface area contributed by atoms with Gasteiger partial charge in [0.25, 0.3) is 0 Å². The summed E-state index contributed by atoms with van der Waals surface area (Å²) in [6.45, 7) is -1.73. The van der Waals surface area contributed by atoms with Crippen molar-refractivity contribution >= 4 is 17.6 Å². The normalized spacial score (nSPS) is 12.1. The van der Waals surface area contributed by atoms with Gasteiger partial charge in [0.2, 0.25) is 5.91 Å². The van der Waals surface area contributed by atoms with Gasteiger partial charge in [-0.15, -0.1) is 0 Å². The van der Waals surface area contributed by atoms with E-state index in [0.29, 0.717) is 5.69 Å². The maximum Gasteiger partial charge on any atom is 0.405 e. The van der Waals surface area contributed by atoms with Crippen molar-refractivity contribution in [2.24, 2.45) is 0 Å². The summed E-state index contributed by atoms with van der Waals surface area (Å²) in [5.74, 6) is -0.728. The highest BCUT2D eigenvalue weighted by Crippen LogP contribution is 2.37. The van der Waals surface area contributed by atoms with Crippen molar-refractivity contribution in [2.75, 3.05) is 18.4 Å². The molecule has 136 valence electrons. The molecule has 1 aliphatic carbocycles. The van der Waals surface area contributed by atoms with E-state index in [1.165, 1.54) is 11.1 Å². The number of benzene rings is 2. The third-order valence-electron chi connectivity index (χ3n) is 3.95. The number of nitrogens with one attached hydrogen (secondary N) is 3. The van der Waals surface area contributed by atoms with Gasteiger partial charge in [-0.05, 0) is 40.8 Å². The lowest BCUT2D eigenvalue weighted by Crippen LogP contribution is -2.45. The molecule has 26 heavy (non-hydrogen) atoms. The maximum absolute atomic E-state index is 12.0. The molecular weight excluding hydrogens is 347 g/mol. The summed E-state index contributed by atoms with van der Waals surface area (Å²) in [7, 11) is 0. The van der Waals surface area contributed by atoms with Crippen molar-refractivity contribution in [1.82, 2.24) is 10.6 Å². The highest BCUT2D eigenvalue weighted by molar-refractivity contribution is 5.96. The number of rotatable bonds is 4. The number of halogens is 3. The van der Waals surface area contributed by atoms with Crippen LogP contribution in [-0.2, 0) is 11.2 Å². The number of urea groups is 1. The summed E-state index contributed by atoms with van der Waals surface area (Å²) in [5.41, 5.74) is 5.39. The second-order valence-corrected chi connectivity index (χ2v) is 5.91. The molecule has 1 aliphatic rings. The molecule has 3 amide bonds. The molecule has 0 saturated carbocycles. The van der Waals surface area contributed by atoms with Crippen LogP contribution in [-0.4, -0.2) is 31.2 Å². The number of anilines is 1. The van der Waals surface area contributed by atoms with Crippen molar-refractivity contribution in [3.05, 3.63) is 53.6 Å². The molecule has 0 saturated heterocycles. The van der Waals surface area contributed by atoms with Crippen LogP contribution in [0.1, 0.15) is 11.1 Å². The fourth-order valence-electron chi connectivity index (χ4n) is 2.83. The van der Waals surface area contributed by atoms with Crippen molar-refractivity contribution in [2.45, 2.75) is 12.6 Å². The Kier molecular flexibility index (Phi) is 4.83. The van der Waals surface area contributed by atoms with E-state index in [1.807, 2.05) is 35.6 Å². The summed E-state index contributed by atoms with van der Waals surface area (Å²) in [6, 6.07) is 12.6. The van der Waals surface area contributed by atoms with Gasteiger partial charge in [0.05, 0.1) is 6.54 Å². The molecule has 0 aromatic heterocycles. The van der Waals surface area contributed by atoms with Crippen molar-refractivity contribution in [3.8, 4) is 11.1 Å². The van der Waals surface area contributed by atoms with Crippen LogP contribution in [0.3, 0.4) is 0 Å². The monoisotopic (exact) mass is 363 g/mol. The maximum atomic E-state index is 12.0. The van der Waals surface area contributed by atoms with Crippen LogP contribution in [0, 0.1) is 0 Å². The van der Waals surface area contributed by atoms with Gasteiger partial charge in [-0.25, -0.2) is 4.79 Å². The van der Waals surface area contributed by atoms with Crippen molar-refractivity contribution in [1.29, 1.82) is 0 Å². The lowest BCUT2D eigenvalue weighted by atomic mass is 10.1. The van der Waals surface area contributed by atoms with Gasteiger partial charge in [0.1, 0.15) is 6.54 Å². The van der Waals surface area contributed by atoms with E-state index in [4.69, 9.17) is 0 Å². The molecule has 0 unspecified atom stereocenters. The number of alkyl halides is 3. The van der Waals surface area contributed by atoms with Crippen LogP contribution in [0.4, 0.5) is 23.7 Å². The largest absolute Gasteiger partial charge is 0.405 e. The van der Waals surface area contributed by atoms with Gasteiger partial charge in [0.15, 0.2) is 0 Å². The van der Waals surface area contributed by atoms with E-state index in [2.05, 4.69) is 17.4 Å². The number of imide groups is 1. The minimum Gasteiger partial charge on any atom is -0.376 e. The average molecular weight is 363 g/mol. The summed E-state index contributed by atoms with van der Waals surface area (Å²) in [5, 5.41) is 6.27. The highest BCUT2D eigenvalue weighted by atomic mass is 19.4. The first-order valence-electron chi connectivity index (χ1n) is 7.91. The molecule has 0 radical (unpaired) electrons. The molecule has 0 atom stereocenters. The minimum absolute atomic E-state index is 0.231. The number of carbonyl (C=O) groups is 2. The summed E-state index contributed by atoms with van der Waals surface area (Å²) < 4.78 is 36.0. The van der Waals surface area contributed by atoms with Crippen LogP contribution >= 0.6 is 0 Å². The predicted molar refractivity (Wildman–Crippen MR) is 90.8 cm³/mol.